The summed E-state index contributed by atoms with van der Waals surface area (Å²) in [6.07, 6.45) is 1.03. The minimum Gasteiger partial charge on any atom is -0.457 e. The molecule has 0 aromatic heterocycles. The van der Waals surface area contributed by atoms with Crippen molar-refractivity contribution >= 4 is 33.4 Å². The van der Waals surface area contributed by atoms with Crippen LogP contribution >= 0.6 is 23.5 Å². The number of hydrogen-bond donors (Lipinski definition) is 0. The zero-order chi connectivity index (χ0) is 106. The van der Waals surface area contributed by atoms with E-state index in [1.807, 2.05) is 379 Å². The summed E-state index contributed by atoms with van der Waals surface area (Å²) in [7, 11) is -3.34. The van der Waals surface area contributed by atoms with Gasteiger partial charge < -0.3 is 9.47 Å². The molecule has 16 rings (SSSR count). The van der Waals surface area contributed by atoms with Crippen molar-refractivity contribution in [2.75, 3.05) is 0 Å². The smallest absolute Gasteiger partial charge is 0.206 e. The maximum absolute atomic E-state index is 12.0. The van der Waals surface area contributed by atoms with Crippen molar-refractivity contribution in [3.05, 3.63) is 508 Å². The second kappa shape index (κ2) is 111. The first-order valence-corrected chi connectivity index (χ1v) is 54.5. The van der Waals surface area contributed by atoms with Crippen molar-refractivity contribution in [1.29, 1.82) is 0 Å². The molecule has 0 fully saturated rings. The predicted octanol–water partition coefficient (Wildman–Crippen LogP) is 44.2. The molecule has 0 aliphatic heterocycles. The quantitative estimate of drug-likeness (QED) is 0.102. The van der Waals surface area contributed by atoms with Crippen LogP contribution in [0.5, 0.6) is 23.0 Å². The molecule has 16 aromatic rings. The Balaban J connectivity index is -0.000000225. The molecular weight excluding hydrogens is 1750 g/mol. The summed E-state index contributed by atoms with van der Waals surface area (Å²) in [6, 6.07) is 161. The van der Waals surface area contributed by atoms with Gasteiger partial charge >= 0.3 is 0 Å². The molecular formula is C132H184O4S3. The molecule has 0 unspecified atom stereocenters. The molecule has 0 saturated heterocycles. The lowest BCUT2D eigenvalue weighted by Crippen LogP contribution is -2.18. The van der Waals surface area contributed by atoms with Crippen LogP contribution in [0.1, 0.15) is 258 Å². The molecule has 0 aliphatic carbocycles. The van der Waals surface area contributed by atoms with E-state index in [0.717, 1.165) is 29.4 Å². The lowest BCUT2D eigenvalue weighted by atomic mass is 9.78. The van der Waals surface area contributed by atoms with E-state index in [2.05, 4.69) is 281 Å². The van der Waals surface area contributed by atoms with Gasteiger partial charge in [-0.3, -0.25) is 0 Å². The molecule has 7 heteroatoms. The Morgan fingerprint density at radius 1 is 0.180 bits per heavy atom. The summed E-state index contributed by atoms with van der Waals surface area (Å²) in [5, 5.41) is 0. The highest BCUT2D eigenvalue weighted by Crippen LogP contribution is 2.32. The van der Waals surface area contributed by atoms with Gasteiger partial charge in [0.2, 0.25) is 9.84 Å². The Hall–Kier alpha value is -12.2. The molecule has 0 radical (unpaired) electrons. The fourth-order valence-corrected chi connectivity index (χ4v) is 13.4. The highest BCUT2D eigenvalue weighted by Gasteiger charge is 2.22. The minimum atomic E-state index is -3.34. The minimum absolute atomic E-state index is 0.0858. The molecule has 0 spiro atoms. The maximum atomic E-state index is 12.0. The molecule has 16 aromatic carbocycles. The molecule has 754 valence electrons. The number of hydrogen-bond acceptors (Lipinski definition) is 6. The summed E-state index contributed by atoms with van der Waals surface area (Å²) >= 11 is 3.58. The van der Waals surface area contributed by atoms with E-state index in [1.54, 1.807) is 84.2 Å². The zero-order valence-electron chi connectivity index (χ0n) is 92.3. The topological polar surface area (TPSA) is 52.6 Å². The highest BCUT2D eigenvalue weighted by molar-refractivity contribution is 7.99. The molecule has 4 nitrogen and oxygen atoms in total. The van der Waals surface area contributed by atoms with Gasteiger partial charge in [-0.2, -0.15) is 0 Å². The first-order valence-electron chi connectivity index (χ1n) is 51.4. The van der Waals surface area contributed by atoms with Crippen LogP contribution in [0.2, 0.25) is 0 Å². The fourth-order valence-electron chi connectivity index (χ4n) is 10.4. The van der Waals surface area contributed by atoms with Gasteiger partial charge in [-0.25, -0.2) is 8.42 Å². The Bertz CT molecular complexity index is 4240. The van der Waals surface area contributed by atoms with Crippen LogP contribution in [0.3, 0.4) is 0 Å². The van der Waals surface area contributed by atoms with E-state index in [9.17, 15) is 8.42 Å². The van der Waals surface area contributed by atoms with Gasteiger partial charge in [-0.15, -0.1) is 0 Å². The molecule has 0 heterocycles. The molecule has 139 heavy (non-hydrogen) atoms. The van der Waals surface area contributed by atoms with Crippen molar-refractivity contribution in [1.82, 2.24) is 0 Å². The molecule has 0 saturated carbocycles. The van der Waals surface area contributed by atoms with E-state index < -0.39 is 9.84 Å². The molecule has 0 amide bonds. The van der Waals surface area contributed by atoms with Crippen LogP contribution in [-0.4, -0.2) is 8.42 Å². The lowest BCUT2D eigenvalue weighted by Gasteiger charge is -2.25. The van der Waals surface area contributed by atoms with E-state index in [1.165, 1.54) is 53.0 Å². The first kappa shape index (κ1) is 142. The highest BCUT2D eigenvalue weighted by atomic mass is 32.2. The normalized spacial score (nSPS) is 8.50. The molecule has 0 aliphatic rings. The van der Waals surface area contributed by atoms with Crippen LogP contribution in [0, 0.1) is 0 Å². The van der Waals surface area contributed by atoms with E-state index in [0.29, 0.717) is 9.79 Å². The summed E-state index contributed by atoms with van der Waals surface area (Å²) in [5.41, 5.74) is 8.09. The third-order valence-electron chi connectivity index (χ3n) is 16.0. The van der Waals surface area contributed by atoms with Crippen LogP contribution in [0.15, 0.2) is 515 Å². The standard InChI is InChI=1S/C15H16.C13H12.C12H10O2S.2C12H10O.2C12H10S.C12H10.16C2H6/c1-15(2,13-9-5-3-6-10-13)14-11-7-4-8-12-14;1-3-7-12(8-4-1)11-13-9-5-2-6-10-13;13-15(14,11-7-3-1-4-8-11)12-9-5-2-6-10-12;4*1-3-7-11(8-4-1)13-12-9-5-2-6-10-12;1-3-7-11(8-4-1)12-9-5-2-6-10-12;16*1-2/h3-12H,1-2H3;1-10H,11H2;1-10H;4*1-10H;1-10H;16*1-2H3. The lowest BCUT2D eigenvalue weighted by molar-refractivity contribution is 0.482. The Kier molecular flexibility index (Phi) is 114. The largest absolute Gasteiger partial charge is 0.457 e. The van der Waals surface area contributed by atoms with Crippen LogP contribution < -0.4 is 9.47 Å². The van der Waals surface area contributed by atoms with Gasteiger partial charge in [0.15, 0.2) is 0 Å². The summed E-state index contributed by atoms with van der Waals surface area (Å²) in [6.45, 7) is 68.5. The second-order valence-corrected chi connectivity index (χ2v) is 28.5. The van der Waals surface area contributed by atoms with Crippen LogP contribution in [0.4, 0.5) is 0 Å². The SMILES string of the molecule is CC.CC.CC.CC.CC.CC.CC.CC.CC.CC.CC.CC.CC.CC.CC.CC.CC(C)(c1ccccc1)c1ccccc1.O=S(=O)(c1ccccc1)c1ccccc1.c1ccc(-c2ccccc2)cc1.c1ccc(Cc2ccccc2)cc1.c1ccc(Oc2ccccc2)cc1.c1ccc(Oc2ccccc2)cc1.c1ccc(Sc2ccccc2)cc1.c1ccc(Sc2ccccc2)cc1. The fraction of sp³-hybridized carbons (Fsp3) is 0.273. The van der Waals surface area contributed by atoms with Crippen molar-refractivity contribution in [3.63, 3.8) is 0 Å². The van der Waals surface area contributed by atoms with Gasteiger partial charge in [0.25, 0.3) is 0 Å². The number of ether oxygens (including phenoxy) is 2. The molecule has 0 atom stereocenters. The number of rotatable bonds is 15. The summed E-state index contributed by atoms with van der Waals surface area (Å²) in [5.74, 6) is 3.48. The second-order valence-electron chi connectivity index (χ2n) is 24.3. The van der Waals surface area contributed by atoms with Gasteiger partial charge in [0, 0.05) is 25.0 Å². The van der Waals surface area contributed by atoms with Crippen LogP contribution in [-0.2, 0) is 21.7 Å². The Morgan fingerprint density at radius 2 is 0.317 bits per heavy atom. The first-order chi connectivity index (χ1) is 68.6. The maximum Gasteiger partial charge on any atom is 0.206 e. The number of benzene rings is 16. The number of sulfone groups is 1. The van der Waals surface area contributed by atoms with Gasteiger partial charge in [-0.1, -0.05) is 623 Å². The van der Waals surface area contributed by atoms with Crippen molar-refractivity contribution < 1.29 is 17.9 Å². The third kappa shape index (κ3) is 71.8. The summed E-state index contributed by atoms with van der Waals surface area (Å²) < 4.78 is 35.2. The van der Waals surface area contributed by atoms with Gasteiger partial charge in [0.05, 0.1) is 9.79 Å². The van der Waals surface area contributed by atoms with E-state index >= 15 is 0 Å². The average molecular weight is 1930 g/mol. The van der Waals surface area contributed by atoms with Crippen LogP contribution in [0.25, 0.3) is 11.1 Å². The van der Waals surface area contributed by atoms with E-state index in [4.69, 9.17) is 9.47 Å². The zero-order valence-corrected chi connectivity index (χ0v) is 94.7. The molecule has 0 N–H and O–H groups in total. The Morgan fingerprint density at radius 3 is 0.489 bits per heavy atom. The number of para-hydroxylation sites is 4. The predicted molar refractivity (Wildman–Crippen MR) is 632 cm³/mol. The molecule has 0 bridgehead atoms. The summed E-state index contributed by atoms with van der Waals surface area (Å²) in [4.78, 5) is 5.80. The van der Waals surface area contributed by atoms with Crippen molar-refractivity contribution in [3.8, 4) is 34.1 Å². The van der Waals surface area contributed by atoms with Gasteiger partial charge in [0.1, 0.15) is 23.0 Å². The third-order valence-corrected chi connectivity index (χ3v) is 19.8. The Labute approximate surface area is 863 Å². The van der Waals surface area contributed by atoms with Crippen molar-refractivity contribution in [2.24, 2.45) is 0 Å². The van der Waals surface area contributed by atoms with Crippen molar-refractivity contribution in [2.45, 2.75) is 277 Å². The van der Waals surface area contributed by atoms with Gasteiger partial charge in [-0.05, 0) is 161 Å². The monoisotopic (exact) mass is 1930 g/mol. The van der Waals surface area contributed by atoms with E-state index in [-0.39, 0.29) is 5.41 Å². The average Bonchev–Trinajstić information content (AvgIpc) is 0.816.